The molecule has 0 saturated heterocycles. The van der Waals surface area contributed by atoms with Crippen molar-refractivity contribution in [3.05, 3.63) is 58.6 Å². The molecule has 0 aliphatic heterocycles. The van der Waals surface area contributed by atoms with Crippen molar-refractivity contribution >= 4 is 11.6 Å². The molecule has 0 radical (unpaired) electrons. The third-order valence-electron chi connectivity index (χ3n) is 2.53. The van der Waals surface area contributed by atoms with Crippen LogP contribution in [0.25, 0.3) is 11.1 Å². The Morgan fingerprint density at radius 3 is 2.21 bits per heavy atom. The molecular weight excluding hydrogens is 287 g/mol. The van der Waals surface area contributed by atoms with Crippen LogP contribution in [0.3, 0.4) is 0 Å². The van der Waals surface area contributed by atoms with Crippen LogP contribution in [-0.2, 0) is 6.18 Å². The molecule has 0 aliphatic carbocycles. The zero-order valence-corrected chi connectivity index (χ0v) is 9.99. The number of hydrogen-bond acceptors (Lipinski definition) is 0. The van der Waals surface area contributed by atoms with Crippen molar-refractivity contribution in [3.63, 3.8) is 0 Å². The van der Waals surface area contributed by atoms with Crippen LogP contribution in [0, 0.1) is 11.6 Å². The summed E-state index contributed by atoms with van der Waals surface area (Å²) in [5, 5.41) is -0.132. The predicted octanol–water partition coefficient (Wildman–Crippen LogP) is 5.30. The molecule has 0 spiro atoms. The molecular formula is C13H6ClF5. The molecule has 0 amide bonds. The molecule has 100 valence electrons. The normalized spacial score (nSPS) is 11.7. The van der Waals surface area contributed by atoms with E-state index in [9.17, 15) is 22.0 Å². The molecule has 0 N–H and O–H groups in total. The topological polar surface area (TPSA) is 0 Å². The van der Waals surface area contributed by atoms with Gasteiger partial charge in [-0.25, -0.2) is 8.78 Å². The van der Waals surface area contributed by atoms with Gasteiger partial charge in [-0.3, -0.25) is 0 Å². The van der Waals surface area contributed by atoms with Gasteiger partial charge in [0.2, 0.25) is 0 Å². The SMILES string of the molecule is Fc1cccc(-c2ccc(Cl)cc2C(F)(F)F)c1F. The van der Waals surface area contributed by atoms with Gasteiger partial charge in [-0.15, -0.1) is 0 Å². The number of alkyl halides is 3. The van der Waals surface area contributed by atoms with Crippen LogP contribution >= 0.6 is 11.6 Å². The summed E-state index contributed by atoms with van der Waals surface area (Å²) in [5.41, 5.74) is -2.01. The molecule has 0 bridgehead atoms. The van der Waals surface area contributed by atoms with Crippen LogP contribution in [0.2, 0.25) is 5.02 Å². The van der Waals surface area contributed by atoms with Gasteiger partial charge in [-0.2, -0.15) is 13.2 Å². The molecule has 2 aromatic rings. The molecule has 0 atom stereocenters. The van der Waals surface area contributed by atoms with Crippen LogP contribution in [0.5, 0.6) is 0 Å². The smallest absolute Gasteiger partial charge is 0.204 e. The molecule has 0 unspecified atom stereocenters. The first-order chi connectivity index (χ1) is 8.80. The summed E-state index contributed by atoms with van der Waals surface area (Å²) in [4.78, 5) is 0. The summed E-state index contributed by atoms with van der Waals surface area (Å²) in [6.07, 6.45) is -4.71. The Morgan fingerprint density at radius 1 is 0.895 bits per heavy atom. The molecule has 19 heavy (non-hydrogen) atoms. The van der Waals surface area contributed by atoms with Gasteiger partial charge in [0.15, 0.2) is 11.6 Å². The van der Waals surface area contributed by atoms with Gasteiger partial charge in [-0.1, -0.05) is 29.8 Å². The van der Waals surface area contributed by atoms with Gasteiger partial charge in [0.05, 0.1) is 5.56 Å². The Morgan fingerprint density at radius 2 is 1.58 bits per heavy atom. The molecule has 6 heteroatoms. The van der Waals surface area contributed by atoms with Crippen molar-refractivity contribution < 1.29 is 22.0 Å². The average Bonchev–Trinajstić information content (AvgIpc) is 2.32. The van der Waals surface area contributed by atoms with Crippen LogP contribution in [0.4, 0.5) is 22.0 Å². The first-order valence-electron chi connectivity index (χ1n) is 5.12. The van der Waals surface area contributed by atoms with Gasteiger partial charge in [0.25, 0.3) is 0 Å². The fourth-order valence-electron chi connectivity index (χ4n) is 1.70. The molecule has 2 rings (SSSR count). The lowest BCUT2D eigenvalue weighted by Crippen LogP contribution is -2.08. The molecule has 2 aromatic carbocycles. The summed E-state index contributed by atoms with van der Waals surface area (Å²) in [5.74, 6) is -2.53. The fourth-order valence-corrected chi connectivity index (χ4v) is 1.87. The molecule has 0 aromatic heterocycles. The minimum absolute atomic E-state index is 0.132. The second-order valence-corrected chi connectivity index (χ2v) is 4.23. The summed E-state index contributed by atoms with van der Waals surface area (Å²) in [7, 11) is 0. The number of rotatable bonds is 1. The molecule has 0 saturated carbocycles. The third-order valence-corrected chi connectivity index (χ3v) is 2.76. The lowest BCUT2D eigenvalue weighted by Gasteiger charge is -2.14. The predicted molar refractivity (Wildman–Crippen MR) is 61.8 cm³/mol. The highest BCUT2D eigenvalue weighted by atomic mass is 35.5. The van der Waals surface area contributed by atoms with Crippen LogP contribution in [0.1, 0.15) is 5.56 Å². The second-order valence-electron chi connectivity index (χ2n) is 3.79. The zero-order valence-electron chi connectivity index (χ0n) is 9.23. The van der Waals surface area contributed by atoms with E-state index in [4.69, 9.17) is 11.6 Å². The molecule has 0 fully saturated rings. The van der Waals surface area contributed by atoms with E-state index in [-0.39, 0.29) is 5.02 Å². The van der Waals surface area contributed by atoms with E-state index in [1.54, 1.807) is 0 Å². The Bertz CT molecular complexity index is 619. The fraction of sp³-hybridized carbons (Fsp3) is 0.0769. The van der Waals surface area contributed by atoms with Crippen molar-refractivity contribution in [2.75, 3.05) is 0 Å². The van der Waals surface area contributed by atoms with E-state index in [1.165, 1.54) is 6.07 Å². The van der Waals surface area contributed by atoms with Crippen molar-refractivity contribution in [3.8, 4) is 11.1 Å². The van der Waals surface area contributed by atoms with Crippen LogP contribution in [0.15, 0.2) is 36.4 Å². The van der Waals surface area contributed by atoms with Crippen molar-refractivity contribution in [2.45, 2.75) is 6.18 Å². The van der Waals surface area contributed by atoms with E-state index in [2.05, 4.69) is 0 Å². The Kier molecular flexibility index (Phi) is 3.49. The third kappa shape index (κ3) is 2.71. The quantitative estimate of drug-likeness (QED) is 0.625. The van der Waals surface area contributed by atoms with Gasteiger partial charge in [0, 0.05) is 10.6 Å². The first-order valence-corrected chi connectivity index (χ1v) is 5.49. The minimum atomic E-state index is -4.71. The van der Waals surface area contributed by atoms with Gasteiger partial charge in [-0.05, 0) is 23.8 Å². The summed E-state index contributed by atoms with van der Waals surface area (Å²) >= 11 is 5.51. The van der Waals surface area contributed by atoms with E-state index >= 15 is 0 Å². The Hall–Kier alpha value is -1.62. The minimum Gasteiger partial charge on any atom is -0.204 e. The highest BCUT2D eigenvalue weighted by molar-refractivity contribution is 6.30. The summed E-state index contributed by atoms with van der Waals surface area (Å²) < 4.78 is 65.3. The summed E-state index contributed by atoms with van der Waals surface area (Å²) in [6.45, 7) is 0. The van der Waals surface area contributed by atoms with E-state index in [0.717, 1.165) is 24.3 Å². The maximum absolute atomic E-state index is 13.6. The van der Waals surface area contributed by atoms with E-state index < -0.39 is 34.5 Å². The number of halogens is 6. The van der Waals surface area contributed by atoms with E-state index in [1.807, 2.05) is 0 Å². The molecule has 0 aliphatic rings. The maximum atomic E-state index is 13.6. The first kappa shape index (κ1) is 13.8. The average molecular weight is 293 g/mol. The van der Waals surface area contributed by atoms with Crippen molar-refractivity contribution in [1.29, 1.82) is 0 Å². The monoisotopic (exact) mass is 292 g/mol. The molecule has 0 heterocycles. The van der Waals surface area contributed by atoms with Gasteiger partial charge < -0.3 is 0 Å². The Labute approximate surface area is 110 Å². The van der Waals surface area contributed by atoms with Gasteiger partial charge in [0.1, 0.15) is 0 Å². The van der Waals surface area contributed by atoms with Crippen molar-refractivity contribution in [1.82, 2.24) is 0 Å². The highest BCUT2D eigenvalue weighted by Crippen LogP contribution is 2.39. The van der Waals surface area contributed by atoms with Crippen LogP contribution < -0.4 is 0 Å². The standard InChI is InChI=1S/C13H6ClF5/c14-7-4-5-8(10(6-7)13(17,18)19)9-2-1-3-11(15)12(9)16/h1-6H. The largest absolute Gasteiger partial charge is 0.417 e. The highest BCUT2D eigenvalue weighted by Gasteiger charge is 2.34. The number of hydrogen-bond donors (Lipinski definition) is 0. The van der Waals surface area contributed by atoms with Gasteiger partial charge >= 0.3 is 6.18 Å². The maximum Gasteiger partial charge on any atom is 0.417 e. The number of benzene rings is 2. The van der Waals surface area contributed by atoms with Crippen LogP contribution in [-0.4, -0.2) is 0 Å². The zero-order chi connectivity index (χ0) is 14.2. The second kappa shape index (κ2) is 4.81. The lowest BCUT2D eigenvalue weighted by atomic mass is 9.98. The Balaban J connectivity index is 2.72. The molecule has 0 nitrogen and oxygen atoms in total. The van der Waals surface area contributed by atoms with E-state index in [0.29, 0.717) is 6.07 Å². The summed E-state index contributed by atoms with van der Waals surface area (Å²) in [6, 6.07) is 5.95. The van der Waals surface area contributed by atoms with Crippen molar-refractivity contribution in [2.24, 2.45) is 0 Å². The lowest BCUT2D eigenvalue weighted by molar-refractivity contribution is -0.137.